The largest absolute Gasteiger partial charge is 0.444 e. The topological polar surface area (TPSA) is 120 Å². The highest BCUT2D eigenvalue weighted by atomic mass is 16.5. The van der Waals surface area contributed by atoms with Crippen molar-refractivity contribution < 1.29 is 9.15 Å². The molecule has 1 saturated carbocycles. The number of hydrogen-bond acceptors (Lipinski definition) is 8. The molecule has 5 rings (SSSR count). The molecule has 4 aromatic rings. The Kier molecular flexibility index (Phi) is 5.93. The van der Waals surface area contributed by atoms with Gasteiger partial charge in [-0.15, -0.1) is 0 Å². The first-order valence-electron chi connectivity index (χ1n) is 10.9. The van der Waals surface area contributed by atoms with Crippen LogP contribution in [-0.4, -0.2) is 47.6 Å². The lowest BCUT2D eigenvalue weighted by atomic mass is 9.93. The number of aromatic amines is 1. The highest BCUT2D eigenvalue weighted by molar-refractivity contribution is 5.70. The lowest BCUT2D eigenvalue weighted by Gasteiger charge is -2.28. The third-order valence-electron chi connectivity index (χ3n) is 5.71. The minimum Gasteiger partial charge on any atom is -0.444 e. The number of hydrogen-bond donors (Lipinski definition) is 2. The maximum absolute atomic E-state index is 5.80. The Morgan fingerprint density at radius 2 is 2.12 bits per heavy atom. The Bertz CT molecular complexity index is 1110. The van der Waals surface area contributed by atoms with E-state index >= 15 is 0 Å². The van der Waals surface area contributed by atoms with Crippen molar-refractivity contribution in [1.82, 2.24) is 34.9 Å². The lowest BCUT2D eigenvalue weighted by Crippen LogP contribution is -2.24. The molecule has 0 spiro atoms. The van der Waals surface area contributed by atoms with E-state index in [1.54, 1.807) is 37.2 Å². The molecule has 0 unspecified atom stereocenters. The third-order valence-corrected chi connectivity index (χ3v) is 5.71. The van der Waals surface area contributed by atoms with Crippen molar-refractivity contribution in [1.29, 1.82) is 0 Å². The van der Waals surface area contributed by atoms with Crippen LogP contribution in [0.25, 0.3) is 22.8 Å². The zero-order valence-electron chi connectivity index (χ0n) is 17.9. The van der Waals surface area contributed by atoms with E-state index in [0.29, 0.717) is 24.6 Å². The second kappa shape index (κ2) is 9.31. The van der Waals surface area contributed by atoms with Crippen LogP contribution in [0.3, 0.4) is 0 Å². The van der Waals surface area contributed by atoms with Gasteiger partial charge < -0.3 is 14.5 Å². The molecule has 10 nitrogen and oxygen atoms in total. The van der Waals surface area contributed by atoms with Crippen LogP contribution in [0.1, 0.15) is 44.3 Å². The van der Waals surface area contributed by atoms with Crippen LogP contribution >= 0.6 is 0 Å². The van der Waals surface area contributed by atoms with Gasteiger partial charge in [-0.2, -0.15) is 10.2 Å². The smallest absolute Gasteiger partial charge is 0.229 e. The Morgan fingerprint density at radius 3 is 2.88 bits per heavy atom. The molecule has 1 fully saturated rings. The summed E-state index contributed by atoms with van der Waals surface area (Å²) in [6, 6.07) is 0.345. The van der Waals surface area contributed by atoms with Gasteiger partial charge in [0.1, 0.15) is 17.7 Å². The normalized spacial score (nSPS) is 18.7. The van der Waals surface area contributed by atoms with Gasteiger partial charge in [-0.1, -0.05) is 0 Å². The summed E-state index contributed by atoms with van der Waals surface area (Å²) in [5, 5.41) is 15.0. The first kappa shape index (κ1) is 20.4. The van der Waals surface area contributed by atoms with Crippen molar-refractivity contribution in [2.75, 3.05) is 11.9 Å². The summed E-state index contributed by atoms with van der Waals surface area (Å²) in [7, 11) is 0. The molecule has 2 N–H and O–H groups in total. The van der Waals surface area contributed by atoms with Crippen molar-refractivity contribution in [2.24, 2.45) is 0 Å². The summed E-state index contributed by atoms with van der Waals surface area (Å²) in [4.78, 5) is 13.2. The van der Waals surface area contributed by atoms with Gasteiger partial charge in [0.25, 0.3) is 0 Å². The summed E-state index contributed by atoms with van der Waals surface area (Å²) in [6.07, 6.45) is 16.8. The summed E-state index contributed by atoms with van der Waals surface area (Å²) in [6.45, 7) is 3.32. The minimum absolute atomic E-state index is 0.345. The first-order chi connectivity index (χ1) is 15.8. The van der Waals surface area contributed by atoms with E-state index in [1.807, 2.05) is 0 Å². The number of ether oxygens (including phenoxy) is 1. The Hall–Kier alpha value is -3.53. The highest BCUT2D eigenvalue weighted by Gasteiger charge is 2.25. The van der Waals surface area contributed by atoms with Crippen molar-refractivity contribution in [2.45, 2.75) is 51.3 Å². The predicted molar refractivity (Wildman–Crippen MR) is 118 cm³/mol. The first-order valence-corrected chi connectivity index (χ1v) is 10.9. The van der Waals surface area contributed by atoms with Crippen LogP contribution in [0.2, 0.25) is 0 Å². The van der Waals surface area contributed by atoms with E-state index in [-0.39, 0.29) is 0 Å². The average Bonchev–Trinajstić information content (AvgIpc) is 3.60. The Morgan fingerprint density at radius 1 is 1.22 bits per heavy atom. The molecule has 4 aromatic heterocycles. The van der Waals surface area contributed by atoms with Crippen molar-refractivity contribution in [3.8, 4) is 22.8 Å². The molecule has 0 bridgehead atoms. The van der Waals surface area contributed by atoms with Crippen molar-refractivity contribution in [3.63, 3.8) is 0 Å². The van der Waals surface area contributed by atoms with E-state index in [1.165, 1.54) is 0 Å². The van der Waals surface area contributed by atoms with Gasteiger partial charge in [0.15, 0.2) is 0 Å². The number of nitrogens with zero attached hydrogens (tertiary/aromatic N) is 6. The molecule has 0 aliphatic heterocycles. The van der Waals surface area contributed by atoms with E-state index in [9.17, 15) is 0 Å². The van der Waals surface area contributed by atoms with Crippen LogP contribution in [-0.2, 0) is 11.3 Å². The highest BCUT2D eigenvalue weighted by Crippen LogP contribution is 2.33. The molecule has 4 heterocycles. The van der Waals surface area contributed by atoms with Gasteiger partial charge in [-0.3, -0.25) is 19.7 Å². The zero-order valence-corrected chi connectivity index (χ0v) is 17.9. The molecule has 0 atom stereocenters. The molecule has 0 aromatic carbocycles. The van der Waals surface area contributed by atoms with Gasteiger partial charge in [-0.05, 0) is 32.6 Å². The van der Waals surface area contributed by atoms with Crippen LogP contribution in [0, 0.1) is 0 Å². The molecule has 0 radical (unpaired) electrons. The monoisotopic (exact) mass is 434 g/mol. The van der Waals surface area contributed by atoms with Crippen LogP contribution in [0.5, 0.6) is 0 Å². The van der Waals surface area contributed by atoms with E-state index in [4.69, 9.17) is 14.3 Å². The molecule has 1 aliphatic rings. The van der Waals surface area contributed by atoms with Crippen LogP contribution < -0.4 is 5.32 Å². The number of oxazole rings is 1. The second-order valence-corrected chi connectivity index (χ2v) is 7.83. The predicted octanol–water partition coefficient (Wildman–Crippen LogP) is 3.85. The molecule has 1 aliphatic carbocycles. The van der Waals surface area contributed by atoms with Gasteiger partial charge in [0.05, 0.1) is 48.0 Å². The zero-order chi connectivity index (χ0) is 21.8. The van der Waals surface area contributed by atoms with Crippen LogP contribution in [0.4, 0.5) is 5.69 Å². The number of anilines is 1. The Balaban J connectivity index is 1.34. The minimum atomic E-state index is 0.345. The van der Waals surface area contributed by atoms with Crippen molar-refractivity contribution >= 4 is 5.69 Å². The van der Waals surface area contributed by atoms with Gasteiger partial charge in [-0.25, -0.2) is 4.98 Å². The molecule has 32 heavy (non-hydrogen) atoms. The SMILES string of the molecule is CCO[C@H]1CC[C@H](n2cc(NCc3coc(-c4cn[nH]c4)n3)c(-c3cnccn3)n2)CC1. The molecular formula is C22H26N8O2. The summed E-state index contributed by atoms with van der Waals surface area (Å²) in [5.41, 5.74) is 4.01. The molecule has 10 heteroatoms. The molecule has 0 saturated heterocycles. The fraction of sp³-hybridized carbons (Fsp3) is 0.409. The summed E-state index contributed by atoms with van der Waals surface area (Å²) < 4.78 is 13.4. The van der Waals surface area contributed by atoms with E-state index < -0.39 is 0 Å². The lowest BCUT2D eigenvalue weighted by molar-refractivity contribution is 0.0260. The van der Waals surface area contributed by atoms with Gasteiger partial charge in [0.2, 0.25) is 5.89 Å². The van der Waals surface area contributed by atoms with Gasteiger partial charge >= 0.3 is 0 Å². The molecule has 166 valence electrons. The van der Waals surface area contributed by atoms with Gasteiger partial charge in [0, 0.05) is 31.4 Å². The summed E-state index contributed by atoms with van der Waals surface area (Å²) in [5.74, 6) is 0.534. The van der Waals surface area contributed by atoms with E-state index in [2.05, 4.69) is 48.3 Å². The van der Waals surface area contributed by atoms with E-state index in [0.717, 1.165) is 60.6 Å². The number of aromatic nitrogens is 7. The maximum atomic E-state index is 5.80. The number of nitrogens with one attached hydrogen (secondary N) is 2. The standard InChI is InChI=1S/C22H26N8O2/c1-2-31-18-5-3-17(4-6-18)30-13-20(21(29-30)19-12-23-7-8-24-19)25-11-16-14-32-22(28-16)15-9-26-27-10-15/h7-10,12-14,17-18,25H,2-6,11H2,1H3,(H,26,27)/t17-,18-. The number of rotatable bonds is 8. The fourth-order valence-corrected chi connectivity index (χ4v) is 4.11. The Labute approximate surface area is 185 Å². The summed E-state index contributed by atoms with van der Waals surface area (Å²) >= 11 is 0. The third kappa shape index (κ3) is 4.40. The maximum Gasteiger partial charge on any atom is 0.229 e. The molecule has 0 amide bonds. The molecular weight excluding hydrogens is 408 g/mol. The van der Waals surface area contributed by atoms with Crippen LogP contribution in [0.15, 0.2) is 47.9 Å². The fourth-order valence-electron chi connectivity index (χ4n) is 4.11. The second-order valence-electron chi connectivity index (χ2n) is 7.83. The number of H-pyrrole nitrogens is 1. The average molecular weight is 435 g/mol. The van der Waals surface area contributed by atoms with Crippen molar-refractivity contribution in [3.05, 3.63) is 49.1 Å². The quantitative estimate of drug-likeness (QED) is 0.429.